The van der Waals surface area contributed by atoms with Crippen molar-refractivity contribution in [3.8, 4) is 0 Å². The monoisotopic (exact) mass is 949 g/mol. The molecule has 0 fully saturated rings. The van der Waals surface area contributed by atoms with Crippen LogP contribution in [-0.4, -0.2) is 37.2 Å². The van der Waals surface area contributed by atoms with Gasteiger partial charge in [0.15, 0.2) is 6.10 Å². The zero-order chi connectivity index (χ0) is 49.3. The summed E-state index contributed by atoms with van der Waals surface area (Å²) in [5.74, 6) is -0.904. The fourth-order valence-corrected chi connectivity index (χ4v) is 8.01. The lowest BCUT2D eigenvalue weighted by molar-refractivity contribution is -0.167. The summed E-state index contributed by atoms with van der Waals surface area (Å²) in [6.45, 7) is 6.54. The molecule has 0 rings (SSSR count). The van der Waals surface area contributed by atoms with Gasteiger partial charge in [0.25, 0.3) is 0 Å². The van der Waals surface area contributed by atoms with E-state index in [0.29, 0.717) is 19.3 Å². The van der Waals surface area contributed by atoms with Gasteiger partial charge in [-0.05, 0) is 109 Å². The van der Waals surface area contributed by atoms with Crippen LogP contribution in [0.4, 0.5) is 0 Å². The summed E-state index contributed by atoms with van der Waals surface area (Å²) in [7, 11) is 0. The molecule has 0 aromatic rings. The molecule has 392 valence electrons. The molecular formula is C62H108O6. The molecule has 0 saturated heterocycles. The Morgan fingerprint density at radius 3 is 0.926 bits per heavy atom. The van der Waals surface area contributed by atoms with E-state index in [1.54, 1.807) is 0 Å². The van der Waals surface area contributed by atoms with Crippen molar-refractivity contribution in [1.82, 2.24) is 0 Å². The molecule has 1 unspecified atom stereocenters. The largest absolute Gasteiger partial charge is 0.462 e. The average Bonchev–Trinajstić information content (AvgIpc) is 3.34. The molecule has 0 aliphatic carbocycles. The Labute approximate surface area is 421 Å². The predicted octanol–water partition coefficient (Wildman–Crippen LogP) is 19.4. The zero-order valence-corrected chi connectivity index (χ0v) is 44.9. The number of hydrogen-bond donors (Lipinski definition) is 0. The van der Waals surface area contributed by atoms with Crippen molar-refractivity contribution in [2.75, 3.05) is 13.2 Å². The zero-order valence-electron chi connectivity index (χ0n) is 44.9. The van der Waals surface area contributed by atoms with Crippen molar-refractivity contribution in [2.24, 2.45) is 0 Å². The Hall–Kier alpha value is -3.15. The topological polar surface area (TPSA) is 78.9 Å². The lowest BCUT2D eigenvalue weighted by atomic mass is 10.1. The van der Waals surface area contributed by atoms with Crippen molar-refractivity contribution in [1.29, 1.82) is 0 Å². The van der Waals surface area contributed by atoms with Crippen LogP contribution in [0.15, 0.2) is 72.9 Å². The van der Waals surface area contributed by atoms with Gasteiger partial charge in [-0.1, -0.05) is 229 Å². The maximum absolute atomic E-state index is 12.8. The second-order valence-corrected chi connectivity index (χ2v) is 19.2. The van der Waals surface area contributed by atoms with E-state index in [9.17, 15) is 14.4 Å². The number of ether oxygens (including phenoxy) is 3. The third-order valence-corrected chi connectivity index (χ3v) is 12.4. The lowest BCUT2D eigenvalue weighted by Gasteiger charge is -2.18. The Morgan fingerprint density at radius 2 is 0.559 bits per heavy atom. The summed E-state index contributed by atoms with van der Waals surface area (Å²) in [4.78, 5) is 38.1. The van der Waals surface area contributed by atoms with Crippen LogP contribution < -0.4 is 0 Å². The quantitative estimate of drug-likeness (QED) is 0.0262. The molecule has 0 spiro atoms. The first-order valence-electron chi connectivity index (χ1n) is 28.9. The van der Waals surface area contributed by atoms with Gasteiger partial charge in [-0.3, -0.25) is 14.4 Å². The van der Waals surface area contributed by atoms with Gasteiger partial charge in [0, 0.05) is 19.3 Å². The highest BCUT2D eigenvalue weighted by atomic mass is 16.6. The number of unbranched alkanes of at least 4 members (excludes halogenated alkanes) is 29. The minimum atomic E-state index is -0.786. The Morgan fingerprint density at radius 1 is 0.294 bits per heavy atom. The van der Waals surface area contributed by atoms with Crippen LogP contribution in [0.1, 0.15) is 284 Å². The Kier molecular flexibility index (Phi) is 53.8. The molecule has 0 N–H and O–H groups in total. The average molecular weight is 950 g/mol. The van der Waals surface area contributed by atoms with E-state index in [2.05, 4.69) is 93.7 Å². The summed E-state index contributed by atoms with van der Waals surface area (Å²) in [6, 6.07) is 0. The van der Waals surface area contributed by atoms with Crippen molar-refractivity contribution in [3.05, 3.63) is 72.9 Å². The van der Waals surface area contributed by atoms with Crippen LogP contribution >= 0.6 is 0 Å². The summed E-state index contributed by atoms with van der Waals surface area (Å²) >= 11 is 0. The SMILES string of the molecule is CCC/C=C\CCCCCCCC(=O)OCC(COC(=O)CCCCCCCCCC/C=C\C/C=C\C/C=C\CCCCCCC)OC(=O)CCCCCCCCC/C=C\C/C=C\CCCCC. The molecule has 0 aromatic heterocycles. The van der Waals surface area contributed by atoms with Gasteiger partial charge in [-0.25, -0.2) is 0 Å². The number of esters is 3. The fourth-order valence-electron chi connectivity index (χ4n) is 8.01. The highest BCUT2D eigenvalue weighted by molar-refractivity contribution is 5.71. The van der Waals surface area contributed by atoms with E-state index >= 15 is 0 Å². The second-order valence-electron chi connectivity index (χ2n) is 19.2. The highest BCUT2D eigenvalue weighted by Crippen LogP contribution is 2.15. The van der Waals surface area contributed by atoms with Crippen molar-refractivity contribution in [3.63, 3.8) is 0 Å². The van der Waals surface area contributed by atoms with Gasteiger partial charge in [-0.2, -0.15) is 0 Å². The van der Waals surface area contributed by atoms with E-state index in [-0.39, 0.29) is 31.1 Å². The third-order valence-electron chi connectivity index (χ3n) is 12.4. The Bertz CT molecular complexity index is 1270. The number of allylic oxidation sites excluding steroid dienone is 12. The first-order valence-corrected chi connectivity index (χ1v) is 28.9. The van der Waals surface area contributed by atoms with Gasteiger partial charge < -0.3 is 14.2 Å². The number of carbonyl (C=O) groups excluding carboxylic acids is 3. The van der Waals surface area contributed by atoms with Crippen molar-refractivity contribution in [2.45, 2.75) is 290 Å². The van der Waals surface area contributed by atoms with E-state index in [1.165, 1.54) is 141 Å². The molecule has 0 aromatic carbocycles. The maximum Gasteiger partial charge on any atom is 0.306 e. The first-order chi connectivity index (χ1) is 33.5. The minimum Gasteiger partial charge on any atom is -0.462 e. The number of rotatable bonds is 52. The van der Waals surface area contributed by atoms with Crippen LogP contribution in [0.25, 0.3) is 0 Å². The molecule has 0 bridgehead atoms. The molecule has 0 radical (unpaired) electrons. The molecular weight excluding hydrogens is 841 g/mol. The van der Waals surface area contributed by atoms with Gasteiger partial charge in [0.05, 0.1) is 0 Å². The van der Waals surface area contributed by atoms with Crippen molar-refractivity contribution >= 4 is 17.9 Å². The molecule has 0 aliphatic heterocycles. The standard InChI is InChI=1S/C62H108O6/c1-4-7-10-13-16-19-22-24-26-28-29-30-31-32-33-35-36-38-40-43-46-49-52-55-61(64)67-58-59(57-66-60(63)54-51-48-45-42-21-18-15-12-9-6-3)68-62(65)56-53-50-47-44-41-39-37-34-27-25-23-20-17-14-11-8-5-2/h12,15,17,20,22,24-25,27-29,31-32,59H,4-11,13-14,16,18-19,21,23,26,30,33-58H2,1-3H3/b15-12-,20-17-,24-22-,27-25-,29-28-,32-31-. The molecule has 0 heterocycles. The molecule has 0 aliphatic rings. The van der Waals surface area contributed by atoms with Crippen LogP contribution in [0.5, 0.6) is 0 Å². The van der Waals surface area contributed by atoms with Crippen molar-refractivity contribution < 1.29 is 28.6 Å². The maximum atomic E-state index is 12.8. The molecule has 6 nitrogen and oxygen atoms in total. The van der Waals surface area contributed by atoms with E-state index in [4.69, 9.17) is 14.2 Å². The Balaban J connectivity index is 4.31. The van der Waals surface area contributed by atoms with E-state index in [0.717, 1.165) is 103 Å². The van der Waals surface area contributed by atoms with Crippen LogP contribution in [-0.2, 0) is 28.6 Å². The third kappa shape index (κ3) is 53.8. The summed E-state index contributed by atoms with van der Waals surface area (Å²) in [6.07, 6.45) is 71.8. The van der Waals surface area contributed by atoms with Gasteiger partial charge in [0.2, 0.25) is 0 Å². The summed E-state index contributed by atoms with van der Waals surface area (Å²) in [5, 5.41) is 0. The lowest BCUT2D eigenvalue weighted by Crippen LogP contribution is -2.30. The van der Waals surface area contributed by atoms with Gasteiger partial charge in [0.1, 0.15) is 13.2 Å². The normalized spacial score (nSPS) is 12.6. The van der Waals surface area contributed by atoms with Crippen LogP contribution in [0, 0.1) is 0 Å². The predicted molar refractivity (Wildman–Crippen MR) is 293 cm³/mol. The highest BCUT2D eigenvalue weighted by Gasteiger charge is 2.19. The van der Waals surface area contributed by atoms with Gasteiger partial charge >= 0.3 is 17.9 Å². The van der Waals surface area contributed by atoms with E-state index < -0.39 is 6.10 Å². The summed E-state index contributed by atoms with van der Waals surface area (Å²) < 4.78 is 16.8. The van der Waals surface area contributed by atoms with Crippen LogP contribution in [0.3, 0.4) is 0 Å². The van der Waals surface area contributed by atoms with Gasteiger partial charge in [-0.15, -0.1) is 0 Å². The molecule has 6 heteroatoms. The summed E-state index contributed by atoms with van der Waals surface area (Å²) in [5.41, 5.74) is 0. The molecule has 0 saturated carbocycles. The van der Waals surface area contributed by atoms with E-state index in [1.807, 2.05) is 0 Å². The minimum absolute atomic E-state index is 0.0850. The second kappa shape index (κ2) is 56.4. The fraction of sp³-hybridized carbons (Fsp3) is 0.758. The van der Waals surface area contributed by atoms with Crippen LogP contribution in [0.2, 0.25) is 0 Å². The molecule has 68 heavy (non-hydrogen) atoms. The molecule has 0 amide bonds. The smallest absolute Gasteiger partial charge is 0.306 e. The number of carbonyl (C=O) groups is 3. The first kappa shape index (κ1) is 64.8. The number of hydrogen-bond acceptors (Lipinski definition) is 6. The molecule has 1 atom stereocenters.